The van der Waals surface area contributed by atoms with Crippen molar-refractivity contribution in [3.05, 3.63) is 22.8 Å². The lowest BCUT2D eigenvalue weighted by Gasteiger charge is -2.31. The molecule has 3 nitrogen and oxygen atoms in total. The molecule has 0 saturated carbocycles. The normalized spacial score (nSPS) is 29.3. The van der Waals surface area contributed by atoms with E-state index in [4.69, 9.17) is 14.2 Å². The second-order valence-electron chi connectivity index (χ2n) is 4.89. The van der Waals surface area contributed by atoms with Crippen LogP contribution >= 0.6 is 0 Å². The minimum Gasteiger partial charge on any atom is -0.380 e. The summed E-state index contributed by atoms with van der Waals surface area (Å²) < 4.78 is 16.1. The van der Waals surface area contributed by atoms with Gasteiger partial charge in [-0.05, 0) is 23.1 Å². The van der Waals surface area contributed by atoms with Gasteiger partial charge in [-0.3, -0.25) is 0 Å². The van der Waals surface area contributed by atoms with Crippen LogP contribution in [0.2, 0.25) is 0 Å². The molecule has 0 aromatic heterocycles. The Morgan fingerprint density at radius 3 is 2.75 bits per heavy atom. The van der Waals surface area contributed by atoms with Crippen LogP contribution in [0.3, 0.4) is 0 Å². The minimum atomic E-state index is 0.186. The highest BCUT2D eigenvalue weighted by Crippen LogP contribution is 2.43. The van der Waals surface area contributed by atoms with Crippen LogP contribution in [0.4, 0.5) is 0 Å². The zero-order valence-corrected chi connectivity index (χ0v) is 10.3. The van der Waals surface area contributed by atoms with Crippen LogP contribution < -0.4 is 0 Å². The second kappa shape index (κ2) is 4.70. The molecular weight excluding hydrogens is 204 g/mol. The van der Waals surface area contributed by atoms with E-state index in [1.165, 1.54) is 16.7 Å². The Kier molecular flexibility index (Phi) is 3.47. The summed E-state index contributed by atoms with van der Waals surface area (Å²) in [5.41, 5.74) is 4.20. The first kappa shape index (κ1) is 11.8. The van der Waals surface area contributed by atoms with Crippen LogP contribution in [0.1, 0.15) is 13.3 Å². The van der Waals surface area contributed by atoms with Crippen molar-refractivity contribution in [2.45, 2.75) is 13.3 Å². The molecule has 1 fully saturated rings. The number of hydrogen-bond donors (Lipinski definition) is 0. The number of methoxy groups -OCH3 is 2. The van der Waals surface area contributed by atoms with Gasteiger partial charge in [0.25, 0.3) is 0 Å². The standard InChI is InChI=1S/C13H20O3/c1-13-5-11(7-15-3)10(6-14-2)4-12(13)8-16-9-13/h4H,5-9H2,1-3H3. The van der Waals surface area contributed by atoms with Crippen LogP contribution in [0.25, 0.3) is 0 Å². The highest BCUT2D eigenvalue weighted by atomic mass is 16.5. The maximum Gasteiger partial charge on any atom is 0.0713 e. The molecular formula is C13H20O3. The van der Waals surface area contributed by atoms with E-state index in [0.717, 1.165) is 19.6 Å². The minimum absolute atomic E-state index is 0.186. The molecule has 0 bridgehead atoms. The highest BCUT2D eigenvalue weighted by Gasteiger charge is 2.38. The topological polar surface area (TPSA) is 27.7 Å². The zero-order chi connectivity index (χ0) is 11.6. The van der Waals surface area contributed by atoms with Crippen molar-refractivity contribution in [1.82, 2.24) is 0 Å². The van der Waals surface area contributed by atoms with Crippen LogP contribution in [-0.2, 0) is 14.2 Å². The van der Waals surface area contributed by atoms with E-state index in [9.17, 15) is 0 Å². The van der Waals surface area contributed by atoms with E-state index in [-0.39, 0.29) is 5.41 Å². The van der Waals surface area contributed by atoms with Gasteiger partial charge in [0, 0.05) is 19.6 Å². The van der Waals surface area contributed by atoms with E-state index in [0.29, 0.717) is 13.2 Å². The predicted molar refractivity (Wildman–Crippen MR) is 62.4 cm³/mol. The van der Waals surface area contributed by atoms with E-state index in [1.54, 1.807) is 14.2 Å². The summed E-state index contributed by atoms with van der Waals surface area (Å²) >= 11 is 0. The summed E-state index contributed by atoms with van der Waals surface area (Å²) in [6, 6.07) is 0. The lowest BCUT2D eigenvalue weighted by Crippen LogP contribution is -2.25. The molecule has 0 aromatic rings. The fraction of sp³-hybridized carbons (Fsp3) is 0.692. The molecule has 3 heteroatoms. The Hall–Kier alpha value is -0.640. The summed E-state index contributed by atoms with van der Waals surface area (Å²) in [6.45, 7) is 5.22. The molecule has 0 spiro atoms. The molecule has 1 saturated heterocycles. The first-order chi connectivity index (χ1) is 7.69. The van der Waals surface area contributed by atoms with Crippen LogP contribution in [0.15, 0.2) is 22.8 Å². The van der Waals surface area contributed by atoms with Crippen molar-refractivity contribution in [1.29, 1.82) is 0 Å². The molecule has 0 aromatic carbocycles. The van der Waals surface area contributed by atoms with Crippen molar-refractivity contribution in [2.24, 2.45) is 5.41 Å². The van der Waals surface area contributed by atoms with Crippen LogP contribution in [0.5, 0.6) is 0 Å². The van der Waals surface area contributed by atoms with Gasteiger partial charge in [-0.2, -0.15) is 0 Å². The SMILES string of the molecule is COCC1=C(COC)CC2(C)COCC2=C1. The monoisotopic (exact) mass is 224 g/mol. The Bertz CT molecular complexity index is 330. The molecule has 1 aliphatic carbocycles. The molecule has 0 radical (unpaired) electrons. The van der Waals surface area contributed by atoms with E-state index < -0.39 is 0 Å². The molecule has 16 heavy (non-hydrogen) atoms. The van der Waals surface area contributed by atoms with E-state index in [1.807, 2.05) is 0 Å². The van der Waals surface area contributed by atoms with Gasteiger partial charge in [0.2, 0.25) is 0 Å². The molecule has 2 aliphatic rings. The van der Waals surface area contributed by atoms with Gasteiger partial charge in [0.1, 0.15) is 0 Å². The summed E-state index contributed by atoms with van der Waals surface area (Å²) in [6.07, 6.45) is 3.28. The number of hydrogen-bond acceptors (Lipinski definition) is 3. The third-order valence-electron chi connectivity index (χ3n) is 3.48. The molecule has 90 valence electrons. The summed E-state index contributed by atoms with van der Waals surface area (Å²) in [7, 11) is 3.47. The Labute approximate surface area is 97.1 Å². The maximum atomic E-state index is 5.57. The molecule has 0 amide bonds. The lowest BCUT2D eigenvalue weighted by molar-refractivity contribution is 0.153. The average molecular weight is 224 g/mol. The number of rotatable bonds is 4. The average Bonchev–Trinajstić information content (AvgIpc) is 2.60. The quantitative estimate of drug-likeness (QED) is 0.730. The van der Waals surface area contributed by atoms with Gasteiger partial charge in [-0.25, -0.2) is 0 Å². The van der Waals surface area contributed by atoms with E-state index in [2.05, 4.69) is 13.0 Å². The fourth-order valence-electron chi connectivity index (χ4n) is 2.55. The number of fused-ring (bicyclic) bond motifs is 1. The molecule has 1 atom stereocenters. The van der Waals surface area contributed by atoms with E-state index >= 15 is 0 Å². The lowest BCUT2D eigenvalue weighted by atomic mass is 9.74. The third kappa shape index (κ3) is 2.08. The summed E-state index contributed by atoms with van der Waals surface area (Å²) in [4.78, 5) is 0. The molecule has 1 aliphatic heterocycles. The summed E-state index contributed by atoms with van der Waals surface area (Å²) in [5, 5.41) is 0. The Morgan fingerprint density at radius 2 is 2.06 bits per heavy atom. The van der Waals surface area contributed by atoms with Gasteiger partial charge in [-0.15, -0.1) is 0 Å². The van der Waals surface area contributed by atoms with Gasteiger partial charge in [0.05, 0.1) is 26.4 Å². The van der Waals surface area contributed by atoms with Crippen molar-refractivity contribution in [3.63, 3.8) is 0 Å². The van der Waals surface area contributed by atoms with Crippen molar-refractivity contribution in [3.8, 4) is 0 Å². The second-order valence-corrected chi connectivity index (χ2v) is 4.89. The first-order valence-electron chi connectivity index (χ1n) is 5.67. The zero-order valence-electron chi connectivity index (χ0n) is 10.3. The van der Waals surface area contributed by atoms with Gasteiger partial charge in [-0.1, -0.05) is 13.0 Å². The van der Waals surface area contributed by atoms with Crippen molar-refractivity contribution in [2.75, 3.05) is 40.6 Å². The fourth-order valence-corrected chi connectivity index (χ4v) is 2.55. The Balaban J connectivity index is 2.26. The van der Waals surface area contributed by atoms with Crippen LogP contribution in [0, 0.1) is 5.41 Å². The maximum absolute atomic E-state index is 5.57. The van der Waals surface area contributed by atoms with Gasteiger partial charge in [0.15, 0.2) is 0 Å². The molecule has 0 N–H and O–H groups in total. The number of ether oxygens (including phenoxy) is 3. The predicted octanol–water partition coefficient (Wildman–Crippen LogP) is 1.94. The third-order valence-corrected chi connectivity index (χ3v) is 3.48. The molecule has 1 unspecified atom stereocenters. The molecule has 2 rings (SSSR count). The van der Waals surface area contributed by atoms with Crippen LogP contribution in [-0.4, -0.2) is 40.6 Å². The summed E-state index contributed by atoms with van der Waals surface area (Å²) in [5.74, 6) is 0. The smallest absolute Gasteiger partial charge is 0.0713 e. The van der Waals surface area contributed by atoms with Crippen molar-refractivity contribution < 1.29 is 14.2 Å². The highest BCUT2D eigenvalue weighted by molar-refractivity contribution is 5.40. The largest absolute Gasteiger partial charge is 0.380 e. The van der Waals surface area contributed by atoms with Gasteiger partial charge >= 0.3 is 0 Å². The Morgan fingerprint density at radius 1 is 1.31 bits per heavy atom. The van der Waals surface area contributed by atoms with Crippen molar-refractivity contribution >= 4 is 0 Å². The first-order valence-corrected chi connectivity index (χ1v) is 5.67. The molecule has 1 heterocycles. The van der Waals surface area contributed by atoms with Gasteiger partial charge < -0.3 is 14.2 Å².